The highest BCUT2D eigenvalue weighted by Gasteiger charge is 2.10. The van der Waals surface area contributed by atoms with Gasteiger partial charge in [0.25, 0.3) is 0 Å². The van der Waals surface area contributed by atoms with E-state index in [1.54, 1.807) is 11.3 Å². The zero-order chi connectivity index (χ0) is 22.3. The van der Waals surface area contributed by atoms with Crippen molar-refractivity contribution < 1.29 is 0 Å². The maximum absolute atomic E-state index is 4.58. The van der Waals surface area contributed by atoms with Crippen LogP contribution >= 0.6 is 11.3 Å². The summed E-state index contributed by atoms with van der Waals surface area (Å²) in [5, 5.41) is 11.1. The molecule has 0 saturated carbocycles. The smallest absolute Gasteiger partial charge is 0.215 e. The third-order valence-electron chi connectivity index (χ3n) is 5.44. The standard InChI is InChI=1S/C27H28N4S/c1-4-30(5-2)24-17-13-22(14-18-24)19-28-29-27-31(25-15-11-21(3)12-16-25)26(20-32-27)23-9-7-6-8-10-23/h6-20H,4-5H2,1-3H3/b28-19-,29-27+. The molecule has 0 fully saturated rings. The lowest BCUT2D eigenvalue weighted by atomic mass is 10.1. The molecule has 4 aromatic rings. The molecule has 1 aromatic heterocycles. The highest BCUT2D eigenvalue weighted by atomic mass is 32.1. The number of rotatable bonds is 7. The molecule has 32 heavy (non-hydrogen) atoms. The van der Waals surface area contributed by atoms with Gasteiger partial charge >= 0.3 is 0 Å². The average molecular weight is 441 g/mol. The molecule has 0 aliphatic heterocycles. The summed E-state index contributed by atoms with van der Waals surface area (Å²) in [6, 6.07) is 27.4. The number of aryl methyl sites for hydroxylation is 1. The molecular weight excluding hydrogens is 412 g/mol. The van der Waals surface area contributed by atoms with E-state index in [1.807, 2.05) is 12.3 Å². The van der Waals surface area contributed by atoms with Crippen molar-refractivity contribution in [1.29, 1.82) is 0 Å². The van der Waals surface area contributed by atoms with Crippen LogP contribution in [0.3, 0.4) is 0 Å². The molecular formula is C27H28N4S. The molecule has 0 N–H and O–H groups in total. The summed E-state index contributed by atoms with van der Waals surface area (Å²) in [4.78, 5) is 3.16. The van der Waals surface area contributed by atoms with Crippen LogP contribution in [0.5, 0.6) is 0 Å². The molecule has 0 aliphatic carbocycles. The summed E-state index contributed by atoms with van der Waals surface area (Å²) in [7, 11) is 0. The van der Waals surface area contributed by atoms with Gasteiger partial charge in [0.15, 0.2) is 0 Å². The number of anilines is 1. The van der Waals surface area contributed by atoms with Gasteiger partial charge in [0.1, 0.15) is 0 Å². The minimum absolute atomic E-state index is 0.837. The van der Waals surface area contributed by atoms with Crippen LogP contribution in [0, 0.1) is 6.92 Å². The maximum atomic E-state index is 4.58. The molecule has 4 rings (SSSR count). The zero-order valence-electron chi connectivity index (χ0n) is 18.8. The van der Waals surface area contributed by atoms with Gasteiger partial charge in [-0.25, -0.2) is 0 Å². The van der Waals surface area contributed by atoms with Gasteiger partial charge < -0.3 is 4.90 Å². The van der Waals surface area contributed by atoms with E-state index >= 15 is 0 Å². The van der Waals surface area contributed by atoms with Gasteiger partial charge in [-0.2, -0.15) is 5.10 Å². The number of hydrogen-bond donors (Lipinski definition) is 0. The average Bonchev–Trinajstić information content (AvgIpc) is 3.26. The van der Waals surface area contributed by atoms with Crippen LogP contribution in [-0.4, -0.2) is 23.9 Å². The number of thiazole rings is 1. The van der Waals surface area contributed by atoms with Gasteiger partial charge in [-0.1, -0.05) is 60.2 Å². The highest BCUT2D eigenvalue weighted by Crippen LogP contribution is 2.23. The molecule has 0 saturated heterocycles. The molecule has 1 heterocycles. The van der Waals surface area contributed by atoms with Crippen LogP contribution in [0.15, 0.2) is 94.4 Å². The Hall–Kier alpha value is -3.44. The third kappa shape index (κ3) is 4.89. The van der Waals surface area contributed by atoms with Gasteiger partial charge in [0, 0.05) is 29.8 Å². The lowest BCUT2D eigenvalue weighted by Gasteiger charge is -2.20. The van der Waals surface area contributed by atoms with E-state index in [0.29, 0.717) is 0 Å². The first-order chi connectivity index (χ1) is 15.7. The summed E-state index contributed by atoms with van der Waals surface area (Å²) in [6.07, 6.45) is 1.81. The Morgan fingerprint density at radius 1 is 0.875 bits per heavy atom. The minimum atomic E-state index is 0.837. The molecule has 0 amide bonds. The van der Waals surface area contributed by atoms with Crippen LogP contribution in [0.1, 0.15) is 25.0 Å². The summed E-state index contributed by atoms with van der Waals surface area (Å²) >= 11 is 1.59. The van der Waals surface area contributed by atoms with E-state index in [1.165, 1.54) is 11.3 Å². The summed E-state index contributed by atoms with van der Waals surface area (Å²) in [5.41, 5.74) is 6.83. The molecule has 5 heteroatoms. The molecule has 3 aromatic carbocycles. The maximum Gasteiger partial charge on any atom is 0.215 e. The van der Waals surface area contributed by atoms with Crippen LogP contribution < -0.4 is 9.70 Å². The fraction of sp³-hybridized carbons (Fsp3) is 0.185. The van der Waals surface area contributed by atoms with Crippen LogP contribution in [-0.2, 0) is 0 Å². The fourth-order valence-corrected chi connectivity index (χ4v) is 4.50. The first kappa shape index (κ1) is 21.8. The predicted molar refractivity (Wildman–Crippen MR) is 137 cm³/mol. The lowest BCUT2D eigenvalue weighted by molar-refractivity contribution is 0.866. The Labute approximate surface area is 193 Å². The summed E-state index contributed by atoms with van der Waals surface area (Å²) < 4.78 is 2.17. The van der Waals surface area contributed by atoms with Gasteiger partial charge in [0.05, 0.1) is 11.9 Å². The van der Waals surface area contributed by atoms with Crippen LogP contribution in [0.25, 0.3) is 16.9 Å². The largest absolute Gasteiger partial charge is 0.372 e. The predicted octanol–water partition coefficient (Wildman–Crippen LogP) is 6.30. The quantitative estimate of drug-likeness (QED) is 0.245. The van der Waals surface area contributed by atoms with E-state index in [4.69, 9.17) is 0 Å². The van der Waals surface area contributed by atoms with E-state index in [0.717, 1.165) is 40.4 Å². The molecule has 0 aliphatic rings. The Bertz CT molecular complexity index is 1230. The topological polar surface area (TPSA) is 32.9 Å². The van der Waals surface area contributed by atoms with Crippen molar-refractivity contribution in [3.8, 4) is 16.9 Å². The second-order valence-corrected chi connectivity index (χ2v) is 8.39. The van der Waals surface area contributed by atoms with Gasteiger partial charge in [-0.3, -0.25) is 4.57 Å². The van der Waals surface area contributed by atoms with E-state index in [9.17, 15) is 0 Å². The van der Waals surface area contributed by atoms with Crippen molar-refractivity contribution in [1.82, 2.24) is 4.57 Å². The van der Waals surface area contributed by atoms with E-state index in [2.05, 4.69) is 119 Å². The van der Waals surface area contributed by atoms with Gasteiger partial charge in [-0.05, 0) is 56.2 Å². The molecule has 4 nitrogen and oxygen atoms in total. The van der Waals surface area contributed by atoms with Crippen LogP contribution in [0.2, 0.25) is 0 Å². The van der Waals surface area contributed by atoms with Crippen molar-refractivity contribution >= 4 is 23.2 Å². The van der Waals surface area contributed by atoms with Crippen molar-refractivity contribution in [2.24, 2.45) is 10.2 Å². The Kier molecular flexibility index (Phi) is 6.97. The molecule has 0 radical (unpaired) electrons. The lowest BCUT2D eigenvalue weighted by Crippen LogP contribution is -2.21. The van der Waals surface area contributed by atoms with Crippen molar-refractivity contribution in [3.63, 3.8) is 0 Å². The number of nitrogens with zero attached hydrogens (tertiary/aromatic N) is 4. The second-order valence-electron chi connectivity index (χ2n) is 7.55. The Morgan fingerprint density at radius 3 is 2.22 bits per heavy atom. The summed E-state index contributed by atoms with van der Waals surface area (Å²) in [6.45, 7) is 8.44. The zero-order valence-corrected chi connectivity index (χ0v) is 19.6. The van der Waals surface area contributed by atoms with Crippen molar-refractivity contribution in [2.75, 3.05) is 18.0 Å². The first-order valence-corrected chi connectivity index (χ1v) is 11.8. The normalized spacial score (nSPS) is 11.9. The third-order valence-corrected chi connectivity index (χ3v) is 6.26. The molecule has 0 bridgehead atoms. The number of hydrogen-bond acceptors (Lipinski definition) is 4. The van der Waals surface area contributed by atoms with Crippen LogP contribution in [0.4, 0.5) is 5.69 Å². The van der Waals surface area contributed by atoms with E-state index < -0.39 is 0 Å². The summed E-state index contributed by atoms with van der Waals surface area (Å²) in [5.74, 6) is 0. The minimum Gasteiger partial charge on any atom is -0.372 e. The Morgan fingerprint density at radius 2 is 1.56 bits per heavy atom. The van der Waals surface area contributed by atoms with Crippen molar-refractivity contribution in [3.05, 3.63) is 100 Å². The van der Waals surface area contributed by atoms with E-state index in [-0.39, 0.29) is 0 Å². The fourth-order valence-electron chi connectivity index (χ4n) is 3.64. The molecule has 162 valence electrons. The number of aromatic nitrogens is 1. The monoisotopic (exact) mass is 440 g/mol. The number of benzene rings is 3. The molecule has 0 spiro atoms. The van der Waals surface area contributed by atoms with Gasteiger partial charge in [-0.15, -0.1) is 16.4 Å². The Balaban J connectivity index is 1.69. The second kappa shape index (κ2) is 10.2. The highest BCUT2D eigenvalue weighted by molar-refractivity contribution is 7.07. The molecule has 0 atom stereocenters. The molecule has 0 unspecified atom stereocenters. The van der Waals surface area contributed by atoms with Crippen molar-refractivity contribution in [2.45, 2.75) is 20.8 Å². The first-order valence-electron chi connectivity index (χ1n) is 10.9. The SMILES string of the molecule is CCN(CC)c1ccc(/C=N\N=c2\scc(-c3ccccc3)n2-c2ccc(C)cc2)cc1. The van der Waals surface area contributed by atoms with Gasteiger partial charge in [0.2, 0.25) is 4.80 Å².